The van der Waals surface area contributed by atoms with Crippen molar-refractivity contribution in [2.45, 2.75) is 30.5 Å². The summed E-state index contributed by atoms with van der Waals surface area (Å²) in [5.41, 5.74) is 3.99. The van der Waals surface area contributed by atoms with Gasteiger partial charge >= 0.3 is 0 Å². The van der Waals surface area contributed by atoms with E-state index in [4.69, 9.17) is 4.98 Å². The second-order valence-electron chi connectivity index (χ2n) is 8.01. The molecule has 25 heavy (non-hydrogen) atoms. The van der Waals surface area contributed by atoms with Gasteiger partial charge in [0.1, 0.15) is 5.65 Å². The fraction of sp³-hybridized carbons (Fsp3) is 0.474. The molecule has 2 saturated carbocycles. The summed E-state index contributed by atoms with van der Waals surface area (Å²) in [4.78, 5) is 10.4. The molecule has 6 nitrogen and oxygen atoms in total. The van der Waals surface area contributed by atoms with Crippen LogP contribution in [-0.2, 0) is 12.6 Å². The van der Waals surface area contributed by atoms with Gasteiger partial charge in [0, 0.05) is 54.1 Å². The Bertz CT molecular complexity index is 981. The number of hydrogen-bond acceptors (Lipinski definition) is 4. The Kier molecular flexibility index (Phi) is 2.42. The predicted molar refractivity (Wildman–Crippen MR) is 93.7 cm³/mol. The molecule has 0 aromatic carbocycles. The molecule has 0 radical (unpaired) electrons. The molecule has 2 aliphatic heterocycles. The number of likely N-dealkylation sites (N-methyl/N-ethyl adjacent to an activating group) is 1. The topological polar surface area (TPSA) is 70.0 Å². The van der Waals surface area contributed by atoms with E-state index in [1.165, 1.54) is 6.42 Å². The summed E-state index contributed by atoms with van der Waals surface area (Å²) < 4.78 is 1.81. The zero-order valence-electron chi connectivity index (χ0n) is 14.3. The molecule has 5 heterocycles. The monoisotopic (exact) mass is 335 g/mol. The van der Waals surface area contributed by atoms with Gasteiger partial charge in [0.15, 0.2) is 0 Å². The van der Waals surface area contributed by atoms with Crippen molar-refractivity contribution in [2.24, 2.45) is 18.9 Å². The Balaban J connectivity index is 1.56. The third-order valence-electron chi connectivity index (χ3n) is 7.15. The predicted octanol–water partition coefficient (Wildman–Crippen LogP) is 1.87. The molecular weight excluding hydrogens is 314 g/mol. The Labute approximate surface area is 145 Å². The van der Waals surface area contributed by atoms with Gasteiger partial charge in [0.2, 0.25) is 0 Å². The van der Waals surface area contributed by atoms with Crippen LogP contribution in [0.15, 0.2) is 30.9 Å². The van der Waals surface area contributed by atoms with Crippen molar-refractivity contribution < 1.29 is 5.11 Å². The molecule has 3 aromatic heterocycles. The maximum Gasteiger partial charge on any atom is 0.137 e. The molecule has 5 atom stereocenters. The van der Waals surface area contributed by atoms with E-state index >= 15 is 0 Å². The average Bonchev–Trinajstić information content (AvgIpc) is 3.39. The van der Waals surface area contributed by atoms with Gasteiger partial charge in [-0.2, -0.15) is 5.10 Å². The standard InChI is InChI=1S/C19H21N5O/c1-23-9-10(6-22-23)15-8-21-18-13(15)4-12(7-20-18)19-11-3-14(17(19)25)16(5-11)24(19)2/h4,6-9,11,14,16-17,25H,3,5H2,1-2H3,(H,20,21). The fourth-order valence-electron chi connectivity index (χ4n) is 6.16. The zero-order chi connectivity index (χ0) is 16.9. The highest BCUT2D eigenvalue weighted by molar-refractivity contribution is 5.93. The van der Waals surface area contributed by atoms with Crippen molar-refractivity contribution in [3.05, 3.63) is 36.4 Å². The third-order valence-corrected chi connectivity index (χ3v) is 7.15. The van der Waals surface area contributed by atoms with Gasteiger partial charge in [0.25, 0.3) is 0 Å². The summed E-state index contributed by atoms with van der Waals surface area (Å²) >= 11 is 0. The summed E-state index contributed by atoms with van der Waals surface area (Å²) in [5, 5.41) is 16.4. The van der Waals surface area contributed by atoms with Crippen molar-refractivity contribution in [1.29, 1.82) is 0 Å². The number of fused-ring (bicyclic) bond motifs is 1. The summed E-state index contributed by atoms with van der Waals surface area (Å²) in [6.07, 6.45) is 9.95. The summed E-state index contributed by atoms with van der Waals surface area (Å²) in [6, 6.07) is 2.77. The molecule has 4 aliphatic rings. The Morgan fingerprint density at radius 1 is 1.28 bits per heavy atom. The number of aryl methyl sites for hydroxylation is 1. The minimum Gasteiger partial charge on any atom is -0.390 e. The van der Waals surface area contributed by atoms with Crippen LogP contribution in [-0.4, -0.2) is 48.9 Å². The number of aliphatic hydroxyl groups is 1. The van der Waals surface area contributed by atoms with E-state index in [1.807, 2.05) is 36.5 Å². The van der Waals surface area contributed by atoms with E-state index in [1.54, 1.807) is 0 Å². The average molecular weight is 335 g/mol. The maximum absolute atomic E-state index is 11.0. The number of rotatable bonds is 2. The van der Waals surface area contributed by atoms with Gasteiger partial charge in [-0.25, -0.2) is 4.98 Å². The van der Waals surface area contributed by atoms with Gasteiger partial charge in [-0.05, 0) is 37.4 Å². The lowest BCUT2D eigenvalue weighted by atomic mass is 9.78. The largest absolute Gasteiger partial charge is 0.390 e. The number of nitrogens with zero attached hydrogens (tertiary/aromatic N) is 4. The molecule has 0 amide bonds. The molecule has 4 bridgehead atoms. The summed E-state index contributed by atoms with van der Waals surface area (Å²) in [5.74, 6) is 0.970. The third kappa shape index (κ3) is 1.45. The molecule has 128 valence electrons. The van der Waals surface area contributed by atoms with Crippen LogP contribution in [0.5, 0.6) is 0 Å². The van der Waals surface area contributed by atoms with Gasteiger partial charge in [-0.15, -0.1) is 0 Å². The van der Waals surface area contributed by atoms with E-state index < -0.39 is 0 Å². The van der Waals surface area contributed by atoms with Crippen LogP contribution in [0.3, 0.4) is 0 Å². The number of piperidine rings is 1. The maximum atomic E-state index is 11.0. The normalized spacial score (nSPS) is 36.3. The van der Waals surface area contributed by atoms with E-state index in [9.17, 15) is 5.11 Å². The zero-order valence-corrected chi connectivity index (χ0v) is 14.3. The molecule has 7 rings (SSSR count). The van der Waals surface area contributed by atoms with Crippen LogP contribution in [0, 0.1) is 11.8 Å². The molecule has 0 spiro atoms. The fourth-order valence-corrected chi connectivity index (χ4v) is 6.16. The summed E-state index contributed by atoms with van der Waals surface area (Å²) in [6.45, 7) is 0. The second kappa shape index (κ2) is 4.31. The second-order valence-corrected chi connectivity index (χ2v) is 8.01. The van der Waals surface area contributed by atoms with Crippen molar-refractivity contribution >= 4 is 11.0 Å². The molecule has 2 aliphatic carbocycles. The smallest absolute Gasteiger partial charge is 0.137 e. The first kappa shape index (κ1) is 14.0. The van der Waals surface area contributed by atoms with Gasteiger partial charge in [0.05, 0.1) is 17.8 Å². The SMILES string of the molecule is CN1C2CC3CC2C(O)C31c1cnc2[nH]cc(-c3cnn(C)c3)c2c1. The van der Waals surface area contributed by atoms with Gasteiger partial charge in [-0.1, -0.05) is 0 Å². The number of hydrogen-bond donors (Lipinski definition) is 2. The van der Waals surface area contributed by atoms with Gasteiger partial charge < -0.3 is 10.1 Å². The molecular formula is C19H21N5O. The number of nitrogens with one attached hydrogen (secondary N) is 1. The first-order valence-corrected chi connectivity index (χ1v) is 8.98. The van der Waals surface area contributed by atoms with Crippen LogP contribution in [0.25, 0.3) is 22.2 Å². The van der Waals surface area contributed by atoms with Crippen LogP contribution in [0.1, 0.15) is 18.4 Å². The number of aromatic amines is 1. The number of aliphatic hydroxyl groups excluding tert-OH is 1. The Hall–Kier alpha value is -2.18. The number of pyridine rings is 1. The molecule has 4 fully saturated rings. The minimum absolute atomic E-state index is 0.250. The van der Waals surface area contributed by atoms with E-state index in [2.05, 4.69) is 28.1 Å². The first-order chi connectivity index (χ1) is 12.1. The highest BCUT2D eigenvalue weighted by Gasteiger charge is 2.72. The highest BCUT2D eigenvalue weighted by atomic mass is 16.3. The lowest BCUT2D eigenvalue weighted by Crippen LogP contribution is -2.45. The van der Waals surface area contributed by atoms with Crippen molar-refractivity contribution in [2.75, 3.05) is 7.05 Å². The van der Waals surface area contributed by atoms with E-state index in [-0.39, 0.29) is 11.6 Å². The quantitative estimate of drug-likeness (QED) is 0.750. The van der Waals surface area contributed by atoms with Crippen LogP contribution < -0.4 is 0 Å². The molecule has 2 N–H and O–H groups in total. The molecule has 3 aromatic rings. The van der Waals surface area contributed by atoms with Crippen LogP contribution in [0.4, 0.5) is 0 Å². The van der Waals surface area contributed by atoms with Crippen molar-refractivity contribution in [1.82, 2.24) is 24.6 Å². The highest BCUT2D eigenvalue weighted by Crippen LogP contribution is 2.67. The summed E-state index contributed by atoms with van der Waals surface area (Å²) in [7, 11) is 4.10. The number of H-pyrrole nitrogens is 1. The first-order valence-electron chi connectivity index (χ1n) is 8.98. The lowest BCUT2D eigenvalue weighted by Gasteiger charge is -2.38. The van der Waals surface area contributed by atoms with Crippen molar-refractivity contribution in [3.8, 4) is 11.1 Å². The lowest BCUT2D eigenvalue weighted by molar-refractivity contribution is 0.0373. The number of aromatic nitrogens is 4. The minimum atomic E-state index is -0.277. The molecule has 2 saturated heterocycles. The Morgan fingerprint density at radius 3 is 2.84 bits per heavy atom. The van der Waals surface area contributed by atoms with Crippen LogP contribution >= 0.6 is 0 Å². The molecule has 6 heteroatoms. The van der Waals surface area contributed by atoms with Crippen LogP contribution in [0.2, 0.25) is 0 Å². The van der Waals surface area contributed by atoms with Gasteiger partial charge in [-0.3, -0.25) is 9.58 Å². The van der Waals surface area contributed by atoms with Crippen molar-refractivity contribution in [3.63, 3.8) is 0 Å². The van der Waals surface area contributed by atoms with E-state index in [0.717, 1.165) is 34.1 Å². The van der Waals surface area contributed by atoms with E-state index in [0.29, 0.717) is 17.9 Å². The molecule has 5 unspecified atom stereocenters. The Morgan fingerprint density at radius 2 is 2.16 bits per heavy atom.